The average molecular weight is 434 g/mol. The Morgan fingerprint density at radius 3 is 2.32 bits per heavy atom. The van der Waals surface area contributed by atoms with E-state index in [9.17, 15) is 9.90 Å². The first-order valence-electron chi connectivity index (χ1n) is 10.1. The van der Waals surface area contributed by atoms with E-state index in [-0.39, 0.29) is 0 Å². The van der Waals surface area contributed by atoms with Crippen LogP contribution in [-0.4, -0.2) is 21.7 Å². The molecule has 1 aromatic heterocycles. The summed E-state index contributed by atoms with van der Waals surface area (Å²) < 4.78 is 6.02. The number of pyridine rings is 1. The summed E-state index contributed by atoms with van der Waals surface area (Å²) in [5.41, 5.74) is 2.76. The van der Waals surface area contributed by atoms with Crippen molar-refractivity contribution in [2.75, 3.05) is 0 Å². The van der Waals surface area contributed by atoms with Crippen molar-refractivity contribution in [1.29, 1.82) is 0 Å². The van der Waals surface area contributed by atoms with Gasteiger partial charge in [-0.25, -0.2) is 4.79 Å². The Hall–Kier alpha value is -2.95. The van der Waals surface area contributed by atoms with Crippen LogP contribution in [0.25, 0.3) is 32.8 Å². The fourth-order valence-electron chi connectivity index (χ4n) is 3.97. The van der Waals surface area contributed by atoms with Crippen molar-refractivity contribution < 1.29 is 14.6 Å². The van der Waals surface area contributed by atoms with E-state index in [0.29, 0.717) is 16.3 Å². The van der Waals surface area contributed by atoms with Crippen LogP contribution in [0.15, 0.2) is 60.7 Å². The summed E-state index contributed by atoms with van der Waals surface area (Å²) >= 11 is 6.91. The lowest BCUT2D eigenvalue weighted by molar-refractivity contribution is -0.160. The van der Waals surface area contributed by atoms with Crippen LogP contribution < -0.4 is 0 Å². The largest absolute Gasteiger partial charge is 0.479 e. The molecule has 0 radical (unpaired) electrons. The molecule has 0 aliphatic rings. The predicted octanol–water partition coefficient (Wildman–Crippen LogP) is 6.96. The number of aliphatic carboxylic acids is 1. The maximum Gasteiger partial charge on any atom is 0.337 e. The molecule has 0 aliphatic carbocycles. The molecule has 3 aromatic carbocycles. The van der Waals surface area contributed by atoms with Crippen molar-refractivity contribution in [2.45, 2.75) is 39.4 Å². The molecular weight excluding hydrogens is 410 g/mol. The first-order valence-corrected chi connectivity index (χ1v) is 10.5. The summed E-state index contributed by atoms with van der Waals surface area (Å²) in [4.78, 5) is 17.1. The molecule has 1 N–H and O–H groups in total. The Labute approximate surface area is 186 Å². The lowest BCUT2D eigenvalue weighted by atomic mass is 9.90. The highest BCUT2D eigenvalue weighted by Crippen LogP contribution is 2.43. The second-order valence-corrected chi connectivity index (χ2v) is 8.98. The van der Waals surface area contributed by atoms with Crippen LogP contribution in [0.2, 0.25) is 5.02 Å². The van der Waals surface area contributed by atoms with Gasteiger partial charge in [0.1, 0.15) is 0 Å². The van der Waals surface area contributed by atoms with Crippen LogP contribution >= 0.6 is 11.6 Å². The van der Waals surface area contributed by atoms with Gasteiger partial charge in [0.25, 0.3) is 0 Å². The van der Waals surface area contributed by atoms with Gasteiger partial charge in [0, 0.05) is 33.2 Å². The Morgan fingerprint density at radius 2 is 1.65 bits per heavy atom. The van der Waals surface area contributed by atoms with Crippen molar-refractivity contribution >= 4 is 39.2 Å². The minimum atomic E-state index is -1.19. The van der Waals surface area contributed by atoms with Crippen LogP contribution in [0.4, 0.5) is 0 Å². The normalized spacial score (nSPS) is 12.9. The van der Waals surface area contributed by atoms with E-state index >= 15 is 0 Å². The van der Waals surface area contributed by atoms with Crippen LogP contribution in [0.3, 0.4) is 0 Å². The maximum absolute atomic E-state index is 12.4. The lowest BCUT2D eigenvalue weighted by Gasteiger charge is -2.28. The number of carbonyl (C=O) groups is 1. The van der Waals surface area contributed by atoms with Crippen molar-refractivity contribution in [3.05, 3.63) is 76.9 Å². The number of benzene rings is 3. The van der Waals surface area contributed by atoms with Crippen molar-refractivity contribution in [2.24, 2.45) is 0 Å². The van der Waals surface area contributed by atoms with Gasteiger partial charge < -0.3 is 9.84 Å². The average Bonchev–Trinajstić information content (AvgIpc) is 2.71. The highest BCUT2D eigenvalue weighted by Gasteiger charge is 2.32. The smallest absolute Gasteiger partial charge is 0.337 e. The molecule has 4 nitrogen and oxygen atoms in total. The molecule has 31 heavy (non-hydrogen) atoms. The molecule has 0 aliphatic heterocycles. The molecule has 4 rings (SSSR count). The fourth-order valence-corrected chi connectivity index (χ4v) is 4.30. The molecule has 0 saturated carbocycles. The number of fused-ring (bicyclic) bond motifs is 2. The number of nitrogens with zero attached hydrogens (tertiary/aromatic N) is 1. The molecule has 4 aromatic rings. The summed E-state index contributed by atoms with van der Waals surface area (Å²) in [7, 11) is 0. The quantitative estimate of drug-likeness (QED) is 0.378. The number of carboxylic acids is 1. The number of ether oxygens (including phenoxy) is 1. The third-order valence-corrected chi connectivity index (χ3v) is 5.62. The first-order chi connectivity index (χ1) is 14.7. The van der Waals surface area contributed by atoms with E-state index < -0.39 is 17.7 Å². The number of hydrogen-bond donors (Lipinski definition) is 1. The number of aromatic nitrogens is 1. The molecule has 0 spiro atoms. The molecule has 0 bridgehead atoms. The molecule has 0 fully saturated rings. The molecule has 0 unspecified atom stereocenters. The topological polar surface area (TPSA) is 59.4 Å². The van der Waals surface area contributed by atoms with Gasteiger partial charge in [-0.05, 0) is 39.1 Å². The SMILES string of the molecule is Cc1nc2ccccc2c(-c2ccc3ccccc3c2Cl)c1[C@H](OC(C)(C)C)C(=O)O. The van der Waals surface area contributed by atoms with Gasteiger partial charge in [0.15, 0.2) is 6.10 Å². The predicted molar refractivity (Wildman–Crippen MR) is 126 cm³/mol. The van der Waals surface area contributed by atoms with Gasteiger partial charge in [-0.1, -0.05) is 66.2 Å². The van der Waals surface area contributed by atoms with E-state index in [0.717, 1.165) is 32.8 Å². The summed E-state index contributed by atoms with van der Waals surface area (Å²) in [6.45, 7) is 7.35. The second-order valence-electron chi connectivity index (χ2n) is 8.60. The summed E-state index contributed by atoms with van der Waals surface area (Å²) in [5.74, 6) is -1.06. The van der Waals surface area contributed by atoms with Crippen LogP contribution in [0.1, 0.15) is 38.1 Å². The van der Waals surface area contributed by atoms with Crippen LogP contribution in [0.5, 0.6) is 0 Å². The third-order valence-electron chi connectivity index (χ3n) is 5.21. The Balaban J connectivity index is 2.12. The zero-order valence-corrected chi connectivity index (χ0v) is 18.7. The number of para-hydroxylation sites is 1. The van der Waals surface area contributed by atoms with Gasteiger partial charge >= 0.3 is 5.97 Å². The third kappa shape index (κ3) is 4.01. The van der Waals surface area contributed by atoms with E-state index in [2.05, 4.69) is 0 Å². The lowest BCUT2D eigenvalue weighted by Crippen LogP contribution is -2.28. The molecule has 5 heteroatoms. The van der Waals surface area contributed by atoms with Gasteiger partial charge in [-0.15, -0.1) is 0 Å². The molecule has 0 amide bonds. The standard InChI is InChI=1S/C26H24ClNO3/c1-15-21(24(25(29)30)31-26(2,3)4)22(18-11-7-8-12-20(18)28-15)19-14-13-16-9-5-6-10-17(16)23(19)27/h5-14,24H,1-4H3,(H,29,30)/t24-/m0/s1. The summed E-state index contributed by atoms with van der Waals surface area (Å²) in [6, 6.07) is 19.5. The molecule has 1 heterocycles. The number of hydrogen-bond acceptors (Lipinski definition) is 3. The fraction of sp³-hybridized carbons (Fsp3) is 0.231. The Morgan fingerprint density at radius 1 is 1.00 bits per heavy atom. The van der Waals surface area contributed by atoms with E-state index in [1.165, 1.54) is 0 Å². The molecular formula is C26H24ClNO3. The highest BCUT2D eigenvalue weighted by molar-refractivity contribution is 6.38. The molecule has 1 atom stereocenters. The zero-order chi connectivity index (χ0) is 22.3. The number of rotatable bonds is 4. The van der Waals surface area contributed by atoms with E-state index in [1.807, 2.05) is 88.4 Å². The van der Waals surface area contributed by atoms with Crippen molar-refractivity contribution in [3.63, 3.8) is 0 Å². The van der Waals surface area contributed by atoms with Gasteiger partial charge in [-0.3, -0.25) is 4.98 Å². The maximum atomic E-state index is 12.4. The number of aryl methyl sites for hydroxylation is 1. The van der Waals surface area contributed by atoms with E-state index in [4.69, 9.17) is 21.3 Å². The van der Waals surface area contributed by atoms with Gasteiger partial charge in [-0.2, -0.15) is 0 Å². The number of carboxylic acid groups (broad SMARTS) is 1. The number of halogens is 1. The Kier molecular flexibility index (Phi) is 5.46. The zero-order valence-electron chi connectivity index (χ0n) is 17.9. The molecule has 0 saturated heterocycles. The minimum Gasteiger partial charge on any atom is -0.479 e. The summed E-state index contributed by atoms with van der Waals surface area (Å²) in [6.07, 6.45) is -1.19. The van der Waals surface area contributed by atoms with E-state index in [1.54, 1.807) is 0 Å². The highest BCUT2D eigenvalue weighted by atomic mass is 35.5. The van der Waals surface area contributed by atoms with Crippen molar-refractivity contribution in [1.82, 2.24) is 4.98 Å². The van der Waals surface area contributed by atoms with Crippen LogP contribution in [0, 0.1) is 6.92 Å². The van der Waals surface area contributed by atoms with Crippen LogP contribution in [-0.2, 0) is 9.53 Å². The second kappa shape index (κ2) is 7.95. The van der Waals surface area contributed by atoms with Crippen molar-refractivity contribution in [3.8, 4) is 11.1 Å². The monoisotopic (exact) mass is 433 g/mol. The molecule has 158 valence electrons. The first kappa shape index (κ1) is 21.3. The summed E-state index contributed by atoms with van der Waals surface area (Å²) in [5, 5.41) is 13.5. The Bertz CT molecular complexity index is 1310. The minimum absolute atomic E-state index is 0.526. The van der Waals surface area contributed by atoms with Gasteiger partial charge in [0.05, 0.1) is 16.1 Å². The van der Waals surface area contributed by atoms with Gasteiger partial charge in [0.2, 0.25) is 0 Å².